The number of nitrogens with one attached hydrogen (secondary N) is 1. The second-order valence-corrected chi connectivity index (χ2v) is 6.72. The molecular formula is C14H24ClN3O2S. The van der Waals surface area contributed by atoms with Gasteiger partial charge in [-0.1, -0.05) is 24.2 Å². The zero-order valence-corrected chi connectivity index (χ0v) is 14.2. The van der Waals surface area contributed by atoms with Crippen molar-refractivity contribution in [2.45, 2.75) is 52.1 Å². The Morgan fingerprint density at radius 1 is 1.38 bits per heavy atom. The first kappa shape index (κ1) is 18.2. The molecule has 1 aliphatic rings. The van der Waals surface area contributed by atoms with E-state index in [0.29, 0.717) is 12.5 Å². The summed E-state index contributed by atoms with van der Waals surface area (Å²) in [6.07, 6.45) is 4.40. The van der Waals surface area contributed by atoms with Crippen molar-refractivity contribution in [3.05, 3.63) is 20.2 Å². The minimum atomic E-state index is -0.0849. The largest absolute Gasteiger partial charge is 0.351 e. The summed E-state index contributed by atoms with van der Waals surface area (Å²) in [7, 11) is 0. The fraction of sp³-hybridized carbons (Fsp3) is 0.714. The smallest absolute Gasteiger partial charge is 0.308 e. The first-order valence-electron chi connectivity index (χ1n) is 7.19. The minimum Gasteiger partial charge on any atom is -0.351 e. The fourth-order valence-electron chi connectivity index (χ4n) is 2.85. The molecule has 2 unspecified atom stereocenters. The Labute approximate surface area is 135 Å². The number of nitrogens with zero attached hydrogens (tertiary/aromatic N) is 1. The van der Waals surface area contributed by atoms with E-state index in [1.807, 2.05) is 13.8 Å². The van der Waals surface area contributed by atoms with Crippen LogP contribution in [-0.4, -0.2) is 23.1 Å². The van der Waals surface area contributed by atoms with Crippen LogP contribution in [0.2, 0.25) is 0 Å². The Morgan fingerprint density at radius 2 is 2.05 bits per heavy atom. The van der Waals surface area contributed by atoms with Gasteiger partial charge in [-0.15, -0.1) is 12.4 Å². The van der Waals surface area contributed by atoms with Crippen LogP contribution < -0.4 is 15.9 Å². The predicted octanol–water partition coefficient (Wildman–Crippen LogP) is 1.58. The quantitative estimate of drug-likeness (QED) is 0.878. The number of nitrogens with two attached hydrogens (primary N) is 1. The predicted molar refractivity (Wildman–Crippen MR) is 88.2 cm³/mol. The molecule has 0 bridgehead atoms. The van der Waals surface area contributed by atoms with Gasteiger partial charge in [0.1, 0.15) is 6.54 Å². The van der Waals surface area contributed by atoms with Crippen molar-refractivity contribution in [3.8, 4) is 0 Å². The van der Waals surface area contributed by atoms with Crippen LogP contribution in [-0.2, 0) is 11.3 Å². The Hall–Kier alpha value is -0.850. The number of carbonyl (C=O) groups excluding carboxylic acids is 1. The van der Waals surface area contributed by atoms with E-state index in [0.717, 1.165) is 29.8 Å². The Kier molecular flexibility index (Phi) is 6.90. The zero-order chi connectivity index (χ0) is 14.7. The third-order valence-corrected chi connectivity index (χ3v) is 5.23. The fourth-order valence-corrected chi connectivity index (χ4v) is 3.68. The van der Waals surface area contributed by atoms with E-state index in [1.54, 1.807) is 4.57 Å². The van der Waals surface area contributed by atoms with E-state index in [-0.39, 0.29) is 35.8 Å². The van der Waals surface area contributed by atoms with Gasteiger partial charge in [-0.3, -0.25) is 14.2 Å². The molecule has 0 saturated heterocycles. The minimum absolute atomic E-state index is 0. The van der Waals surface area contributed by atoms with Crippen LogP contribution in [0.4, 0.5) is 0 Å². The van der Waals surface area contributed by atoms with Crippen LogP contribution >= 0.6 is 23.7 Å². The van der Waals surface area contributed by atoms with Crippen molar-refractivity contribution in [1.82, 2.24) is 9.88 Å². The van der Waals surface area contributed by atoms with E-state index in [1.165, 1.54) is 17.8 Å². The number of thiazole rings is 1. The number of amides is 1. The summed E-state index contributed by atoms with van der Waals surface area (Å²) in [5, 5.41) is 3.06. The number of hydrogen-bond acceptors (Lipinski definition) is 4. The molecule has 21 heavy (non-hydrogen) atoms. The maximum atomic E-state index is 12.1. The van der Waals surface area contributed by atoms with Gasteiger partial charge in [-0.2, -0.15) is 0 Å². The lowest BCUT2D eigenvalue weighted by atomic mass is 9.84. The molecule has 0 spiro atoms. The lowest BCUT2D eigenvalue weighted by Gasteiger charge is -2.31. The topological polar surface area (TPSA) is 77.1 Å². The van der Waals surface area contributed by atoms with Crippen LogP contribution in [0.25, 0.3) is 0 Å². The zero-order valence-electron chi connectivity index (χ0n) is 12.6. The molecular weight excluding hydrogens is 310 g/mol. The van der Waals surface area contributed by atoms with Crippen molar-refractivity contribution in [2.24, 2.45) is 11.7 Å². The van der Waals surface area contributed by atoms with Gasteiger partial charge in [0.25, 0.3) is 0 Å². The third-order valence-electron chi connectivity index (χ3n) is 4.24. The first-order chi connectivity index (χ1) is 9.52. The van der Waals surface area contributed by atoms with E-state index in [9.17, 15) is 9.59 Å². The van der Waals surface area contributed by atoms with Crippen LogP contribution in [0, 0.1) is 19.8 Å². The Balaban J connectivity index is 0.00000220. The summed E-state index contributed by atoms with van der Waals surface area (Å²) < 4.78 is 1.55. The molecule has 7 heteroatoms. The van der Waals surface area contributed by atoms with Gasteiger partial charge < -0.3 is 11.1 Å². The van der Waals surface area contributed by atoms with E-state index in [4.69, 9.17) is 5.73 Å². The molecule has 1 saturated carbocycles. The highest BCUT2D eigenvalue weighted by atomic mass is 35.5. The number of aryl methyl sites for hydroxylation is 1. The number of rotatable bonds is 4. The van der Waals surface area contributed by atoms with Gasteiger partial charge in [0, 0.05) is 16.6 Å². The number of aromatic nitrogens is 1. The molecule has 2 atom stereocenters. The molecule has 2 rings (SSSR count). The van der Waals surface area contributed by atoms with Crippen molar-refractivity contribution in [2.75, 3.05) is 6.54 Å². The van der Waals surface area contributed by atoms with E-state index >= 15 is 0 Å². The molecule has 1 amide bonds. The highest BCUT2D eigenvalue weighted by molar-refractivity contribution is 7.09. The monoisotopic (exact) mass is 333 g/mol. The van der Waals surface area contributed by atoms with Gasteiger partial charge in [0.15, 0.2) is 0 Å². The lowest BCUT2D eigenvalue weighted by Crippen LogP contribution is -2.46. The normalized spacial score (nSPS) is 21.7. The van der Waals surface area contributed by atoms with Crippen LogP contribution in [0.3, 0.4) is 0 Å². The van der Waals surface area contributed by atoms with Crippen LogP contribution in [0.15, 0.2) is 4.79 Å². The maximum Gasteiger partial charge on any atom is 0.308 e. The summed E-state index contributed by atoms with van der Waals surface area (Å²) in [6.45, 7) is 4.51. The van der Waals surface area contributed by atoms with Crippen molar-refractivity contribution in [3.63, 3.8) is 0 Å². The average molecular weight is 334 g/mol. The van der Waals surface area contributed by atoms with Crippen molar-refractivity contribution >= 4 is 29.7 Å². The van der Waals surface area contributed by atoms with Gasteiger partial charge in [0.05, 0.1) is 0 Å². The summed E-state index contributed by atoms with van der Waals surface area (Å²) in [5.74, 6) is 0.285. The Bertz CT molecular complexity index is 541. The summed E-state index contributed by atoms with van der Waals surface area (Å²) in [6, 6.07) is 0.164. The maximum absolute atomic E-state index is 12.1. The molecule has 1 aliphatic carbocycles. The second kappa shape index (κ2) is 7.96. The summed E-state index contributed by atoms with van der Waals surface area (Å²) >= 11 is 1.20. The molecule has 0 aromatic carbocycles. The molecule has 1 aromatic heterocycles. The second-order valence-electron chi connectivity index (χ2n) is 5.55. The highest BCUT2D eigenvalue weighted by Gasteiger charge is 2.25. The number of hydrogen-bond donors (Lipinski definition) is 2. The summed E-state index contributed by atoms with van der Waals surface area (Å²) in [4.78, 5) is 24.9. The molecule has 1 fully saturated rings. The van der Waals surface area contributed by atoms with E-state index < -0.39 is 0 Å². The molecule has 5 nitrogen and oxygen atoms in total. The summed E-state index contributed by atoms with van der Waals surface area (Å²) in [5.41, 5.74) is 6.65. The molecule has 1 aromatic rings. The van der Waals surface area contributed by atoms with Gasteiger partial charge in [0.2, 0.25) is 5.91 Å². The van der Waals surface area contributed by atoms with Crippen LogP contribution in [0.1, 0.15) is 36.3 Å². The lowest BCUT2D eigenvalue weighted by molar-refractivity contribution is -0.123. The average Bonchev–Trinajstić information content (AvgIpc) is 2.66. The standard InChI is InChI=1S/C14H23N3O2S.ClH/c1-9-10(2)20-14(19)17(9)8-13(18)16-12-6-4-3-5-11(12)7-15;/h11-12H,3-8,15H2,1-2H3,(H,16,18);1H. The van der Waals surface area contributed by atoms with Gasteiger partial charge >= 0.3 is 4.87 Å². The van der Waals surface area contributed by atoms with Gasteiger partial charge in [-0.05, 0) is 39.2 Å². The number of carbonyl (C=O) groups is 1. The van der Waals surface area contributed by atoms with Crippen molar-refractivity contribution < 1.29 is 4.79 Å². The first-order valence-corrected chi connectivity index (χ1v) is 8.00. The number of halogens is 1. The Morgan fingerprint density at radius 3 is 2.62 bits per heavy atom. The molecule has 3 N–H and O–H groups in total. The van der Waals surface area contributed by atoms with Crippen LogP contribution in [0.5, 0.6) is 0 Å². The highest BCUT2D eigenvalue weighted by Crippen LogP contribution is 2.23. The molecule has 120 valence electrons. The third kappa shape index (κ3) is 4.31. The molecule has 0 aliphatic heterocycles. The van der Waals surface area contributed by atoms with Gasteiger partial charge in [-0.25, -0.2) is 0 Å². The van der Waals surface area contributed by atoms with E-state index in [2.05, 4.69) is 5.32 Å². The molecule has 0 radical (unpaired) electrons. The SMILES string of the molecule is Cc1sc(=O)n(CC(=O)NC2CCCCC2CN)c1C.Cl. The molecule has 1 heterocycles. The van der Waals surface area contributed by atoms with Crippen molar-refractivity contribution in [1.29, 1.82) is 0 Å².